The molecular weight excluding hydrogens is 382 g/mol. The molecule has 9 heteroatoms. The lowest BCUT2D eigenvalue weighted by molar-refractivity contribution is -0.113. The SMILES string of the molecule is O=C(O)c1cc(C(=O)O)cc(N2C(=O)C(=Cc3cccs3)SC2=S)c1. The van der Waals surface area contributed by atoms with Gasteiger partial charge in [-0.1, -0.05) is 30.0 Å². The highest BCUT2D eigenvalue weighted by molar-refractivity contribution is 8.27. The van der Waals surface area contributed by atoms with Crippen LogP contribution in [-0.4, -0.2) is 32.4 Å². The van der Waals surface area contributed by atoms with Gasteiger partial charge in [-0.05, 0) is 35.7 Å². The predicted molar refractivity (Wildman–Crippen MR) is 100 cm³/mol. The quantitative estimate of drug-likeness (QED) is 0.608. The molecule has 0 bridgehead atoms. The normalized spacial score (nSPS) is 15.8. The minimum atomic E-state index is -1.29. The van der Waals surface area contributed by atoms with E-state index in [2.05, 4.69) is 0 Å². The van der Waals surface area contributed by atoms with Crippen LogP contribution in [0.4, 0.5) is 5.69 Å². The molecule has 0 atom stereocenters. The van der Waals surface area contributed by atoms with Crippen LogP contribution >= 0.6 is 35.3 Å². The number of rotatable bonds is 4. The molecule has 1 aromatic carbocycles. The van der Waals surface area contributed by atoms with Crippen molar-refractivity contribution in [1.82, 2.24) is 0 Å². The molecule has 1 amide bonds. The lowest BCUT2D eigenvalue weighted by atomic mass is 10.1. The van der Waals surface area contributed by atoms with E-state index in [9.17, 15) is 14.4 Å². The summed E-state index contributed by atoms with van der Waals surface area (Å²) in [6.07, 6.45) is 1.70. The van der Waals surface area contributed by atoms with E-state index in [1.54, 1.807) is 6.08 Å². The fourth-order valence-electron chi connectivity index (χ4n) is 2.18. The van der Waals surface area contributed by atoms with E-state index in [0.717, 1.165) is 27.6 Å². The van der Waals surface area contributed by atoms with Gasteiger partial charge in [0.15, 0.2) is 4.32 Å². The molecule has 25 heavy (non-hydrogen) atoms. The standard InChI is InChI=1S/C16H9NO5S3/c18-13-12(7-11-2-1-3-24-11)25-16(23)17(13)10-5-8(14(19)20)4-9(6-10)15(21)22/h1-7H,(H,19,20)(H,21,22). The summed E-state index contributed by atoms with van der Waals surface area (Å²) in [7, 11) is 0. The van der Waals surface area contributed by atoms with Crippen LogP contribution in [0.3, 0.4) is 0 Å². The van der Waals surface area contributed by atoms with E-state index in [1.807, 2.05) is 17.5 Å². The first-order chi connectivity index (χ1) is 11.9. The molecule has 1 aliphatic rings. The monoisotopic (exact) mass is 391 g/mol. The zero-order valence-corrected chi connectivity index (χ0v) is 14.8. The molecule has 0 unspecified atom stereocenters. The Morgan fingerprint density at radius 1 is 1.12 bits per heavy atom. The van der Waals surface area contributed by atoms with E-state index in [4.69, 9.17) is 22.4 Å². The van der Waals surface area contributed by atoms with Gasteiger partial charge in [-0.15, -0.1) is 11.3 Å². The van der Waals surface area contributed by atoms with Crippen molar-refractivity contribution in [3.63, 3.8) is 0 Å². The maximum Gasteiger partial charge on any atom is 0.335 e. The highest BCUT2D eigenvalue weighted by atomic mass is 32.2. The molecule has 1 fully saturated rings. The van der Waals surface area contributed by atoms with Crippen molar-refractivity contribution in [1.29, 1.82) is 0 Å². The third-order valence-corrected chi connectivity index (χ3v) is 5.40. The van der Waals surface area contributed by atoms with Crippen LogP contribution in [0.1, 0.15) is 25.6 Å². The first kappa shape index (κ1) is 17.3. The fourth-order valence-corrected chi connectivity index (χ4v) is 4.20. The van der Waals surface area contributed by atoms with Crippen molar-refractivity contribution in [2.75, 3.05) is 4.90 Å². The van der Waals surface area contributed by atoms with Crippen molar-refractivity contribution in [3.8, 4) is 0 Å². The molecule has 126 valence electrons. The first-order valence-electron chi connectivity index (χ1n) is 6.80. The maximum atomic E-state index is 12.7. The number of carboxylic acids is 2. The van der Waals surface area contributed by atoms with Crippen molar-refractivity contribution in [2.45, 2.75) is 0 Å². The minimum absolute atomic E-state index is 0.120. The molecule has 0 radical (unpaired) electrons. The summed E-state index contributed by atoms with van der Waals surface area (Å²) in [6, 6.07) is 7.20. The zero-order valence-electron chi connectivity index (χ0n) is 12.3. The van der Waals surface area contributed by atoms with Crippen LogP contribution in [0.15, 0.2) is 40.6 Å². The molecule has 1 aromatic heterocycles. The van der Waals surface area contributed by atoms with Gasteiger partial charge in [-0.25, -0.2) is 9.59 Å². The second kappa shape index (κ2) is 6.79. The van der Waals surface area contributed by atoms with Gasteiger partial charge in [-0.2, -0.15) is 0 Å². The number of hydrogen-bond donors (Lipinski definition) is 2. The van der Waals surface area contributed by atoms with Crippen LogP contribution < -0.4 is 4.90 Å². The second-order valence-electron chi connectivity index (χ2n) is 4.91. The number of carbonyl (C=O) groups excluding carboxylic acids is 1. The number of aromatic carboxylic acids is 2. The number of amides is 1. The van der Waals surface area contributed by atoms with Crippen molar-refractivity contribution in [3.05, 3.63) is 56.6 Å². The summed E-state index contributed by atoms with van der Waals surface area (Å²) in [6.45, 7) is 0. The van der Waals surface area contributed by atoms with Crippen molar-refractivity contribution < 1.29 is 24.6 Å². The molecule has 2 heterocycles. The fraction of sp³-hybridized carbons (Fsp3) is 0. The Hall–Kier alpha value is -2.49. The van der Waals surface area contributed by atoms with Crippen molar-refractivity contribution >= 4 is 69.2 Å². The van der Waals surface area contributed by atoms with Crippen LogP contribution in [0.25, 0.3) is 6.08 Å². The smallest absolute Gasteiger partial charge is 0.335 e. The molecular formula is C16H9NO5S3. The van der Waals surface area contributed by atoms with Gasteiger partial charge in [0, 0.05) is 4.88 Å². The summed E-state index contributed by atoms with van der Waals surface area (Å²) in [5.41, 5.74) is -0.341. The number of thiophene rings is 1. The van der Waals surface area contributed by atoms with E-state index >= 15 is 0 Å². The minimum Gasteiger partial charge on any atom is -0.478 e. The maximum absolute atomic E-state index is 12.7. The molecule has 1 aliphatic heterocycles. The van der Waals surface area contributed by atoms with E-state index in [1.165, 1.54) is 23.5 Å². The number of anilines is 1. The third kappa shape index (κ3) is 3.48. The lowest BCUT2D eigenvalue weighted by Crippen LogP contribution is -2.28. The molecule has 0 saturated carbocycles. The molecule has 0 aliphatic carbocycles. The van der Waals surface area contributed by atoms with E-state index in [-0.39, 0.29) is 21.1 Å². The molecule has 2 N–H and O–H groups in total. The molecule has 6 nitrogen and oxygen atoms in total. The third-order valence-electron chi connectivity index (χ3n) is 3.28. The largest absolute Gasteiger partial charge is 0.478 e. The van der Waals surface area contributed by atoms with Crippen LogP contribution in [0.2, 0.25) is 0 Å². The Labute approximate surface area is 155 Å². The number of thioether (sulfide) groups is 1. The van der Waals surface area contributed by atoms with Crippen LogP contribution in [0, 0.1) is 0 Å². The van der Waals surface area contributed by atoms with Crippen LogP contribution in [-0.2, 0) is 4.79 Å². The Morgan fingerprint density at radius 2 is 1.76 bits per heavy atom. The highest BCUT2D eigenvalue weighted by Gasteiger charge is 2.34. The summed E-state index contributed by atoms with van der Waals surface area (Å²) in [5, 5.41) is 20.2. The van der Waals surface area contributed by atoms with Crippen LogP contribution in [0.5, 0.6) is 0 Å². The number of nitrogens with zero attached hydrogens (tertiary/aromatic N) is 1. The second-order valence-corrected chi connectivity index (χ2v) is 7.57. The predicted octanol–water partition coefficient (Wildman–Crippen LogP) is 3.55. The number of carbonyl (C=O) groups is 3. The summed E-state index contributed by atoms with van der Waals surface area (Å²) in [5.74, 6) is -2.99. The molecule has 1 saturated heterocycles. The first-order valence-corrected chi connectivity index (χ1v) is 8.90. The van der Waals surface area contributed by atoms with Gasteiger partial charge >= 0.3 is 11.9 Å². The van der Waals surface area contributed by atoms with E-state index in [0.29, 0.717) is 4.91 Å². The average molecular weight is 391 g/mol. The lowest BCUT2D eigenvalue weighted by Gasteiger charge is -2.16. The Morgan fingerprint density at radius 3 is 2.28 bits per heavy atom. The van der Waals surface area contributed by atoms with Gasteiger partial charge in [0.05, 0.1) is 21.7 Å². The zero-order chi connectivity index (χ0) is 18.1. The number of benzene rings is 1. The van der Waals surface area contributed by atoms with Gasteiger partial charge < -0.3 is 10.2 Å². The Kier molecular flexibility index (Phi) is 4.71. The van der Waals surface area contributed by atoms with Gasteiger partial charge in [0.2, 0.25) is 0 Å². The summed E-state index contributed by atoms with van der Waals surface area (Å²) >= 11 is 7.77. The molecule has 0 spiro atoms. The van der Waals surface area contributed by atoms with Gasteiger partial charge in [-0.3, -0.25) is 9.69 Å². The Balaban J connectivity index is 2.04. The van der Waals surface area contributed by atoms with Crippen molar-refractivity contribution in [2.24, 2.45) is 0 Å². The number of thiocarbonyl (C=S) groups is 1. The Bertz CT molecular complexity index is 901. The average Bonchev–Trinajstić information content (AvgIpc) is 3.16. The topological polar surface area (TPSA) is 94.9 Å². The summed E-state index contributed by atoms with van der Waals surface area (Å²) < 4.78 is 0.215. The molecule has 2 aromatic rings. The van der Waals surface area contributed by atoms with Gasteiger partial charge in [0.1, 0.15) is 0 Å². The number of hydrogen-bond acceptors (Lipinski definition) is 6. The summed E-state index contributed by atoms with van der Waals surface area (Å²) in [4.78, 5) is 37.6. The highest BCUT2D eigenvalue weighted by Crippen LogP contribution is 2.37. The molecule has 3 rings (SSSR count). The van der Waals surface area contributed by atoms with Gasteiger partial charge in [0.25, 0.3) is 5.91 Å². The van der Waals surface area contributed by atoms with E-state index < -0.39 is 17.8 Å². The number of carboxylic acid groups (broad SMARTS) is 2.